The molecule has 3 N–H and O–H groups in total. The Balaban J connectivity index is 2.08. The molecule has 2 heterocycles. The van der Waals surface area contributed by atoms with E-state index in [1.54, 1.807) is 7.05 Å². The number of nitrogens with zero attached hydrogens (tertiary/aromatic N) is 1. The smallest absolute Gasteiger partial charge is 0.390 e. The second-order valence-corrected chi connectivity index (χ2v) is 5.67. The lowest BCUT2D eigenvalue weighted by molar-refractivity contribution is -0.206. The monoisotopic (exact) mass is 318 g/mol. The van der Waals surface area contributed by atoms with E-state index in [0.717, 1.165) is 11.8 Å². The number of amidine groups is 1. The molecule has 0 aromatic carbocycles. The molecule has 116 valence electrons. The predicted molar refractivity (Wildman–Crippen MR) is 64.1 cm³/mol. The summed E-state index contributed by atoms with van der Waals surface area (Å²) in [5.41, 5.74) is -0.858. The topological polar surface area (TPSA) is 74.1 Å². The third kappa shape index (κ3) is 3.18. The second-order valence-electron chi connectivity index (χ2n) is 4.58. The summed E-state index contributed by atoms with van der Waals surface area (Å²) in [4.78, 5) is 3.93. The Labute approximate surface area is 116 Å². The summed E-state index contributed by atoms with van der Waals surface area (Å²) in [5, 5.41) is 22.2. The van der Waals surface area contributed by atoms with E-state index < -0.39 is 48.6 Å². The zero-order valence-corrected chi connectivity index (χ0v) is 11.2. The average molecular weight is 318 g/mol. The largest absolute Gasteiger partial charge is 0.391 e. The van der Waals surface area contributed by atoms with Gasteiger partial charge in [0.1, 0.15) is 23.7 Å². The molecule has 0 saturated carbocycles. The third-order valence-electron chi connectivity index (χ3n) is 3.09. The van der Waals surface area contributed by atoms with Gasteiger partial charge in [0.25, 0.3) is 0 Å². The minimum absolute atomic E-state index is 0.376. The minimum Gasteiger partial charge on any atom is -0.390 e. The van der Waals surface area contributed by atoms with Crippen molar-refractivity contribution in [2.24, 2.45) is 4.99 Å². The fourth-order valence-corrected chi connectivity index (χ4v) is 3.20. The maximum Gasteiger partial charge on any atom is 0.391 e. The van der Waals surface area contributed by atoms with E-state index >= 15 is 0 Å². The van der Waals surface area contributed by atoms with E-state index in [0.29, 0.717) is 5.17 Å². The average Bonchev–Trinajstić information content (AvgIpc) is 2.74. The van der Waals surface area contributed by atoms with Gasteiger partial charge in [-0.3, -0.25) is 4.99 Å². The van der Waals surface area contributed by atoms with Crippen LogP contribution in [0, 0.1) is 0 Å². The summed E-state index contributed by atoms with van der Waals surface area (Å²) in [6, 6.07) is -0.994. The number of aliphatic hydroxyl groups is 2. The molecule has 0 unspecified atom stereocenters. The van der Waals surface area contributed by atoms with Crippen molar-refractivity contribution in [1.29, 1.82) is 0 Å². The molecular formula is C10H14F4N2O3S. The van der Waals surface area contributed by atoms with Gasteiger partial charge in [0.2, 0.25) is 0 Å². The second kappa shape index (κ2) is 5.66. The van der Waals surface area contributed by atoms with Crippen molar-refractivity contribution in [2.45, 2.75) is 48.6 Å². The molecule has 0 radical (unpaired) electrons. The zero-order valence-electron chi connectivity index (χ0n) is 10.3. The Morgan fingerprint density at radius 1 is 1.50 bits per heavy atom. The Kier molecular flexibility index (Phi) is 4.47. The molecule has 20 heavy (non-hydrogen) atoms. The normalized spacial score (nSPS) is 39.1. The number of hydrogen-bond donors (Lipinski definition) is 3. The summed E-state index contributed by atoms with van der Waals surface area (Å²) >= 11 is 1.01. The highest BCUT2D eigenvalue weighted by Crippen LogP contribution is 2.39. The molecule has 2 aliphatic heterocycles. The summed E-state index contributed by atoms with van der Waals surface area (Å²) < 4.78 is 55.9. The Morgan fingerprint density at radius 3 is 2.70 bits per heavy atom. The molecule has 2 aliphatic rings. The van der Waals surface area contributed by atoms with Crippen molar-refractivity contribution in [3.8, 4) is 0 Å². The standard InChI is InChI=1S/C10H14F4N2O3S/c1-15-9-16-5-4(11)6(18)7(19-8(5)20-9)3(17)2-10(12,13)14/h3-8,17-18H,2H2,1H3,(H,15,16)/t3-,4+,5+,6-,7+,8+/m0/s1. The molecule has 0 amide bonds. The molecule has 0 aliphatic carbocycles. The van der Waals surface area contributed by atoms with E-state index in [2.05, 4.69) is 10.3 Å². The van der Waals surface area contributed by atoms with Gasteiger partial charge < -0.3 is 20.3 Å². The molecule has 0 aromatic heterocycles. The molecule has 0 bridgehead atoms. The van der Waals surface area contributed by atoms with Crippen molar-refractivity contribution in [3.63, 3.8) is 0 Å². The number of rotatable bonds is 2. The maximum atomic E-state index is 14.0. The van der Waals surface area contributed by atoms with Crippen LogP contribution in [0.4, 0.5) is 17.6 Å². The van der Waals surface area contributed by atoms with Crippen molar-refractivity contribution in [2.75, 3.05) is 7.05 Å². The Morgan fingerprint density at radius 2 is 2.15 bits per heavy atom. The Hall–Kier alpha value is -0.580. The zero-order chi connectivity index (χ0) is 15.1. The highest BCUT2D eigenvalue weighted by atomic mass is 32.2. The van der Waals surface area contributed by atoms with Crippen LogP contribution in [-0.2, 0) is 4.74 Å². The van der Waals surface area contributed by atoms with Crippen LogP contribution in [0.3, 0.4) is 0 Å². The van der Waals surface area contributed by atoms with Crippen molar-refractivity contribution < 1.29 is 32.5 Å². The van der Waals surface area contributed by atoms with Gasteiger partial charge in [-0.15, -0.1) is 0 Å². The first kappa shape index (κ1) is 15.8. The lowest BCUT2D eigenvalue weighted by atomic mass is 9.94. The van der Waals surface area contributed by atoms with Gasteiger partial charge >= 0.3 is 6.18 Å². The number of aliphatic imine (C=N–C) groups is 1. The molecule has 6 atom stereocenters. The lowest BCUT2D eigenvalue weighted by Gasteiger charge is -2.39. The van der Waals surface area contributed by atoms with E-state index in [4.69, 9.17) is 4.74 Å². The van der Waals surface area contributed by atoms with Crippen molar-refractivity contribution in [3.05, 3.63) is 0 Å². The van der Waals surface area contributed by atoms with Crippen LogP contribution in [-0.4, -0.2) is 64.6 Å². The molecule has 5 nitrogen and oxygen atoms in total. The quantitative estimate of drug-likeness (QED) is 0.643. The van der Waals surface area contributed by atoms with Crippen molar-refractivity contribution >= 4 is 16.9 Å². The SMILES string of the molecule is CNC1=N[C@@H]2[C@@H](F)[C@H](O)[C@@H]([C@@H](O)CC(F)(F)F)O[C@@H]2S1. The lowest BCUT2D eigenvalue weighted by Crippen LogP contribution is -2.57. The van der Waals surface area contributed by atoms with Crippen LogP contribution in [0.25, 0.3) is 0 Å². The number of ether oxygens (including phenoxy) is 1. The van der Waals surface area contributed by atoms with Crippen LogP contribution in [0.15, 0.2) is 4.99 Å². The maximum absolute atomic E-state index is 14.0. The number of aliphatic hydroxyl groups excluding tert-OH is 2. The number of halogens is 4. The summed E-state index contributed by atoms with van der Waals surface area (Å²) in [5.74, 6) is 0. The molecule has 0 aromatic rings. The van der Waals surface area contributed by atoms with Gasteiger partial charge in [-0.1, -0.05) is 11.8 Å². The first-order valence-corrected chi connectivity index (χ1v) is 6.75. The van der Waals surface area contributed by atoms with E-state index in [-0.39, 0.29) is 0 Å². The van der Waals surface area contributed by atoms with E-state index in [9.17, 15) is 27.8 Å². The van der Waals surface area contributed by atoms with Gasteiger partial charge in [0.05, 0.1) is 12.5 Å². The first-order valence-electron chi connectivity index (χ1n) is 5.87. The number of hydrogen-bond acceptors (Lipinski definition) is 6. The van der Waals surface area contributed by atoms with Crippen LogP contribution < -0.4 is 5.32 Å². The van der Waals surface area contributed by atoms with Crippen molar-refractivity contribution in [1.82, 2.24) is 5.32 Å². The molecular weight excluding hydrogens is 304 g/mol. The van der Waals surface area contributed by atoms with Gasteiger partial charge in [0, 0.05) is 7.05 Å². The van der Waals surface area contributed by atoms with Gasteiger partial charge in [-0.05, 0) is 0 Å². The summed E-state index contributed by atoms with van der Waals surface area (Å²) in [6.45, 7) is 0. The van der Waals surface area contributed by atoms with Gasteiger partial charge in [-0.25, -0.2) is 4.39 Å². The van der Waals surface area contributed by atoms with Crippen LogP contribution in [0.2, 0.25) is 0 Å². The van der Waals surface area contributed by atoms with Gasteiger partial charge in [-0.2, -0.15) is 13.2 Å². The highest BCUT2D eigenvalue weighted by molar-refractivity contribution is 8.14. The number of fused-ring (bicyclic) bond motifs is 1. The number of thioether (sulfide) groups is 1. The minimum atomic E-state index is -4.62. The highest BCUT2D eigenvalue weighted by Gasteiger charge is 2.52. The molecule has 10 heteroatoms. The predicted octanol–water partition coefficient (Wildman–Crippen LogP) is 0.414. The van der Waals surface area contributed by atoms with Gasteiger partial charge in [0.15, 0.2) is 11.3 Å². The first-order chi connectivity index (χ1) is 9.23. The fraction of sp³-hybridized carbons (Fsp3) is 0.900. The van der Waals surface area contributed by atoms with E-state index in [1.807, 2.05) is 0 Å². The number of alkyl halides is 4. The van der Waals surface area contributed by atoms with Crippen LogP contribution in [0.5, 0.6) is 0 Å². The Bertz CT molecular complexity index is 395. The summed E-state index contributed by atoms with van der Waals surface area (Å²) in [6.07, 6.45) is -13.6. The van der Waals surface area contributed by atoms with E-state index in [1.165, 1.54) is 0 Å². The summed E-state index contributed by atoms with van der Waals surface area (Å²) in [7, 11) is 1.56. The van der Waals surface area contributed by atoms with Crippen LogP contribution in [0.1, 0.15) is 6.42 Å². The fourth-order valence-electron chi connectivity index (χ4n) is 2.15. The molecule has 1 saturated heterocycles. The molecule has 2 rings (SSSR count). The third-order valence-corrected chi connectivity index (χ3v) is 4.24. The molecule has 1 fully saturated rings. The molecule has 0 spiro atoms. The van der Waals surface area contributed by atoms with Crippen LogP contribution >= 0.6 is 11.8 Å². The number of nitrogens with one attached hydrogen (secondary N) is 1.